The fourth-order valence-corrected chi connectivity index (χ4v) is 3.02. The lowest BCUT2D eigenvalue weighted by molar-refractivity contribution is 0.0701. The molecule has 2 heterocycles. The van der Waals surface area contributed by atoms with Crippen molar-refractivity contribution in [3.63, 3.8) is 0 Å². The third-order valence-corrected chi connectivity index (χ3v) is 4.62. The number of rotatable bonds is 5. The molecular formula is C17H22ClN3O2. The molecule has 0 radical (unpaired) electrons. The lowest BCUT2D eigenvalue weighted by Crippen LogP contribution is -2.39. The standard InChI is InChI=1S/C17H22ClN3O2/c1-3-16-19-17(23-20-16)12(2)21-10-8-13(9-11-21)22-15-7-5-4-6-14(15)18/h4-7,12-13H,3,8-11H2,1-2H3/t12-/m1/s1. The Morgan fingerprint density at radius 3 is 2.74 bits per heavy atom. The quantitative estimate of drug-likeness (QED) is 0.829. The van der Waals surface area contributed by atoms with Gasteiger partial charge < -0.3 is 9.26 Å². The average molecular weight is 336 g/mol. The molecule has 1 aliphatic rings. The first kappa shape index (κ1) is 16.3. The van der Waals surface area contributed by atoms with Gasteiger partial charge in [-0.25, -0.2) is 0 Å². The minimum atomic E-state index is 0.143. The second-order valence-electron chi connectivity index (χ2n) is 5.86. The Kier molecular flexibility index (Phi) is 5.18. The van der Waals surface area contributed by atoms with E-state index in [1.165, 1.54) is 0 Å². The van der Waals surface area contributed by atoms with E-state index in [-0.39, 0.29) is 12.1 Å². The van der Waals surface area contributed by atoms with Crippen molar-refractivity contribution in [1.29, 1.82) is 0 Å². The first-order valence-electron chi connectivity index (χ1n) is 8.15. The van der Waals surface area contributed by atoms with Gasteiger partial charge in [0, 0.05) is 19.5 Å². The maximum Gasteiger partial charge on any atom is 0.243 e. The number of para-hydroxylation sites is 1. The summed E-state index contributed by atoms with van der Waals surface area (Å²) < 4.78 is 11.4. The molecule has 0 saturated carbocycles. The summed E-state index contributed by atoms with van der Waals surface area (Å²) in [5.41, 5.74) is 0. The number of hydrogen-bond acceptors (Lipinski definition) is 5. The Balaban J connectivity index is 1.54. The van der Waals surface area contributed by atoms with Crippen molar-refractivity contribution in [1.82, 2.24) is 15.0 Å². The van der Waals surface area contributed by atoms with E-state index < -0.39 is 0 Å². The van der Waals surface area contributed by atoms with Crippen LogP contribution in [0.1, 0.15) is 44.4 Å². The van der Waals surface area contributed by atoms with Crippen LogP contribution < -0.4 is 4.74 Å². The van der Waals surface area contributed by atoms with E-state index in [9.17, 15) is 0 Å². The highest BCUT2D eigenvalue weighted by molar-refractivity contribution is 6.32. The van der Waals surface area contributed by atoms with Gasteiger partial charge in [0.25, 0.3) is 0 Å². The van der Waals surface area contributed by atoms with Crippen molar-refractivity contribution < 1.29 is 9.26 Å². The third kappa shape index (κ3) is 3.85. The average Bonchev–Trinajstić information content (AvgIpc) is 3.06. The van der Waals surface area contributed by atoms with E-state index in [0.29, 0.717) is 10.9 Å². The number of benzene rings is 1. The third-order valence-electron chi connectivity index (χ3n) is 4.31. The summed E-state index contributed by atoms with van der Waals surface area (Å²) in [5.74, 6) is 2.24. The van der Waals surface area contributed by atoms with Crippen LogP contribution in [0, 0.1) is 0 Å². The Morgan fingerprint density at radius 2 is 2.09 bits per heavy atom. The van der Waals surface area contributed by atoms with Crippen molar-refractivity contribution in [3.8, 4) is 5.75 Å². The molecule has 1 fully saturated rings. The molecule has 0 N–H and O–H groups in total. The molecule has 5 nitrogen and oxygen atoms in total. The molecule has 1 atom stereocenters. The van der Waals surface area contributed by atoms with Gasteiger partial charge in [0.1, 0.15) is 11.9 Å². The van der Waals surface area contributed by atoms with Crippen LogP contribution in [0.2, 0.25) is 5.02 Å². The minimum Gasteiger partial charge on any atom is -0.489 e. The van der Waals surface area contributed by atoms with Gasteiger partial charge in [-0.2, -0.15) is 4.98 Å². The monoisotopic (exact) mass is 335 g/mol. The van der Waals surface area contributed by atoms with Crippen molar-refractivity contribution in [3.05, 3.63) is 41.0 Å². The molecule has 1 aliphatic heterocycles. The zero-order chi connectivity index (χ0) is 16.2. The number of likely N-dealkylation sites (tertiary alicyclic amines) is 1. The van der Waals surface area contributed by atoms with Crippen LogP contribution in [0.5, 0.6) is 5.75 Å². The van der Waals surface area contributed by atoms with Crippen LogP contribution in [-0.2, 0) is 6.42 Å². The van der Waals surface area contributed by atoms with E-state index >= 15 is 0 Å². The number of aromatic nitrogens is 2. The van der Waals surface area contributed by atoms with Crippen LogP contribution in [0.25, 0.3) is 0 Å². The van der Waals surface area contributed by atoms with E-state index in [0.717, 1.165) is 43.9 Å². The summed E-state index contributed by atoms with van der Waals surface area (Å²) in [7, 11) is 0. The summed E-state index contributed by atoms with van der Waals surface area (Å²) in [6.07, 6.45) is 2.92. The second kappa shape index (κ2) is 7.32. The first-order chi connectivity index (χ1) is 11.2. The lowest BCUT2D eigenvalue weighted by Gasteiger charge is -2.34. The molecule has 0 spiro atoms. The Morgan fingerprint density at radius 1 is 1.35 bits per heavy atom. The SMILES string of the molecule is CCc1noc([C@@H](C)N2CCC(Oc3ccccc3Cl)CC2)n1. The maximum atomic E-state index is 6.16. The molecule has 0 unspecified atom stereocenters. The van der Waals surface area contributed by atoms with Gasteiger partial charge >= 0.3 is 0 Å². The highest BCUT2D eigenvalue weighted by Gasteiger charge is 2.27. The summed E-state index contributed by atoms with van der Waals surface area (Å²) >= 11 is 6.16. The zero-order valence-corrected chi connectivity index (χ0v) is 14.3. The zero-order valence-electron chi connectivity index (χ0n) is 13.5. The van der Waals surface area contributed by atoms with Crippen LogP contribution in [0.4, 0.5) is 0 Å². The molecule has 2 aromatic rings. The number of ether oxygens (including phenoxy) is 1. The van der Waals surface area contributed by atoms with E-state index in [2.05, 4.69) is 22.0 Å². The van der Waals surface area contributed by atoms with Gasteiger partial charge in [0.15, 0.2) is 5.82 Å². The van der Waals surface area contributed by atoms with Gasteiger partial charge in [0.2, 0.25) is 5.89 Å². The molecule has 124 valence electrons. The molecule has 0 aliphatic carbocycles. The number of nitrogens with zero attached hydrogens (tertiary/aromatic N) is 3. The molecule has 1 saturated heterocycles. The van der Waals surface area contributed by atoms with Crippen LogP contribution in [0.3, 0.4) is 0 Å². The summed E-state index contributed by atoms with van der Waals surface area (Å²) in [6, 6.07) is 7.77. The summed E-state index contributed by atoms with van der Waals surface area (Å²) in [4.78, 5) is 6.79. The first-order valence-corrected chi connectivity index (χ1v) is 8.53. The van der Waals surface area contributed by atoms with E-state index in [1.54, 1.807) is 0 Å². The van der Waals surface area contributed by atoms with E-state index in [1.807, 2.05) is 31.2 Å². The summed E-state index contributed by atoms with van der Waals surface area (Å²) in [6.45, 7) is 6.03. The lowest BCUT2D eigenvalue weighted by atomic mass is 10.1. The van der Waals surface area contributed by atoms with Crippen molar-refractivity contribution >= 4 is 11.6 Å². The molecule has 6 heteroatoms. The van der Waals surface area contributed by atoms with Crippen LogP contribution >= 0.6 is 11.6 Å². The molecule has 3 rings (SSSR count). The molecule has 1 aromatic carbocycles. The molecule has 1 aromatic heterocycles. The van der Waals surface area contributed by atoms with Crippen LogP contribution in [-0.4, -0.2) is 34.2 Å². The number of piperidine rings is 1. The van der Waals surface area contributed by atoms with Gasteiger partial charge in [-0.15, -0.1) is 0 Å². The normalized spacial score (nSPS) is 18.0. The molecular weight excluding hydrogens is 314 g/mol. The Bertz CT molecular complexity index is 638. The van der Waals surface area contributed by atoms with Gasteiger partial charge in [0.05, 0.1) is 11.1 Å². The summed E-state index contributed by atoms with van der Waals surface area (Å²) in [5, 5.41) is 4.65. The molecule has 23 heavy (non-hydrogen) atoms. The smallest absolute Gasteiger partial charge is 0.243 e. The van der Waals surface area contributed by atoms with E-state index in [4.69, 9.17) is 20.9 Å². The second-order valence-corrected chi connectivity index (χ2v) is 6.27. The van der Waals surface area contributed by atoms with Crippen molar-refractivity contribution in [2.75, 3.05) is 13.1 Å². The largest absolute Gasteiger partial charge is 0.489 e. The fraction of sp³-hybridized carbons (Fsp3) is 0.529. The number of halogens is 1. The maximum absolute atomic E-state index is 6.16. The van der Waals surface area contributed by atoms with Crippen molar-refractivity contribution in [2.24, 2.45) is 0 Å². The van der Waals surface area contributed by atoms with Crippen molar-refractivity contribution in [2.45, 2.75) is 45.3 Å². The Hall–Kier alpha value is -1.59. The van der Waals surface area contributed by atoms with Crippen LogP contribution in [0.15, 0.2) is 28.8 Å². The molecule has 0 bridgehead atoms. The van der Waals surface area contributed by atoms with Gasteiger partial charge in [-0.1, -0.05) is 35.8 Å². The topological polar surface area (TPSA) is 51.4 Å². The highest BCUT2D eigenvalue weighted by Crippen LogP contribution is 2.29. The fourth-order valence-electron chi connectivity index (χ4n) is 2.84. The molecule has 0 amide bonds. The highest BCUT2D eigenvalue weighted by atomic mass is 35.5. The van der Waals surface area contributed by atoms with Gasteiger partial charge in [-0.05, 0) is 31.9 Å². The minimum absolute atomic E-state index is 0.143. The predicted molar refractivity (Wildman–Crippen MR) is 88.8 cm³/mol. The van der Waals surface area contributed by atoms with Gasteiger partial charge in [-0.3, -0.25) is 4.90 Å². The number of aryl methyl sites for hydroxylation is 1. The Labute approximate surface area is 141 Å². The number of hydrogen-bond donors (Lipinski definition) is 0. The predicted octanol–water partition coefficient (Wildman–Crippen LogP) is 3.89.